The van der Waals surface area contributed by atoms with Crippen LogP contribution in [0.15, 0.2) is 57.6 Å². The summed E-state index contributed by atoms with van der Waals surface area (Å²) in [6, 6.07) is 14.6. The van der Waals surface area contributed by atoms with Gasteiger partial charge in [-0.15, -0.1) is 10.2 Å². The molecule has 0 atom stereocenters. The zero-order valence-electron chi connectivity index (χ0n) is 15.1. The Morgan fingerprint density at radius 2 is 1.82 bits per heavy atom. The quantitative estimate of drug-likeness (QED) is 0.467. The van der Waals surface area contributed by atoms with Gasteiger partial charge in [-0.05, 0) is 48.5 Å². The summed E-state index contributed by atoms with van der Waals surface area (Å²) in [5.74, 6) is -0.432. The van der Waals surface area contributed by atoms with Gasteiger partial charge in [-0.3, -0.25) is 0 Å². The molecule has 5 nitrogen and oxygen atoms in total. The Hall–Kier alpha value is -3.00. The molecule has 2 aromatic heterocycles. The third-order valence-corrected chi connectivity index (χ3v) is 5.94. The lowest BCUT2D eigenvalue weighted by Crippen LogP contribution is -2.09. The number of aryl methyl sites for hydroxylation is 1. The highest BCUT2D eigenvalue weighted by molar-refractivity contribution is 8.04. The average Bonchev–Trinajstić information content (AvgIpc) is 3.22. The van der Waals surface area contributed by atoms with Gasteiger partial charge in [-0.2, -0.15) is 9.78 Å². The Bertz CT molecular complexity index is 1300. The van der Waals surface area contributed by atoms with Gasteiger partial charge in [0.1, 0.15) is 0 Å². The van der Waals surface area contributed by atoms with Gasteiger partial charge in [-0.1, -0.05) is 24.3 Å². The van der Waals surface area contributed by atoms with E-state index >= 15 is 0 Å². The highest BCUT2D eigenvalue weighted by Crippen LogP contribution is 2.35. The molecule has 28 heavy (non-hydrogen) atoms. The summed E-state index contributed by atoms with van der Waals surface area (Å²) in [5, 5.41) is 14.4. The van der Waals surface area contributed by atoms with Gasteiger partial charge in [0.25, 0.3) is 6.43 Å². The standard InChI is InChI=1S/C20H15F2N5S/c1-11-17(28-20-24-23-19(18(21)22)27(20)25-11)10-12-7-8-16-14(9-12)13-5-3-4-6-15(13)26(16)2/h3-10,18H,1-2H3/b17-10-. The number of fused-ring (bicyclic) bond motifs is 4. The van der Waals surface area contributed by atoms with Gasteiger partial charge >= 0.3 is 0 Å². The van der Waals surface area contributed by atoms with Gasteiger partial charge in [0.15, 0.2) is 0 Å². The van der Waals surface area contributed by atoms with Crippen LogP contribution in [0.3, 0.4) is 0 Å². The van der Waals surface area contributed by atoms with E-state index in [1.807, 2.05) is 24.3 Å². The molecule has 140 valence electrons. The second-order valence-corrected chi connectivity index (χ2v) is 7.61. The molecule has 0 N–H and O–H groups in total. The molecule has 1 aliphatic heterocycles. The number of halogens is 2. The topological polar surface area (TPSA) is 48.0 Å². The van der Waals surface area contributed by atoms with E-state index in [-0.39, 0.29) is 0 Å². The highest BCUT2D eigenvalue weighted by atomic mass is 32.2. The molecule has 3 heterocycles. The maximum absolute atomic E-state index is 13.0. The summed E-state index contributed by atoms with van der Waals surface area (Å²) in [6.45, 7) is 1.80. The minimum absolute atomic E-state index is 0.346. The molecule has 1 aliphatic rings. The number of aromatic nitrogens is 4. The lowest BCUT2D eigenvalue weighted by molar-refractivity contribution is 0.135. The third-order valence-electron chi connectivity index (χ3n) is 4.87. The Kier molecular flexibility index (Phi) is 3.83. The van der Waals surface area contributed by atoms with E-state index in [2.05, 4.69) is 51.2 Å². The zero-order valence-corrected chi connectivity index (χ0v) is 15.9. The van der Waals surface area contributed by atoms with Crippen molar-refractivity contribution < 1.29 is 8.78 Å². The van der Waals surface area contributed by atoms with Crippen molar-refractivity contribution >= 4 is 45.4 Å². The molecule has 0 saturated heterocycles. The zero-order chi connectivity index (χ0) is 19.4. The summed E-state index contributed by atoms with van der Waals surface area (Å²) in [4.78, 5) is 0.861. The lowest BCUT2D eigenvalue weighted by Gasteiger charge is -2.14. The number of para-hydroxylation sites is 1. The largest absolute Gasteiger partial charge is 0.344 e. The minimum atomic E-state index is -2.71. The summed E-state index contributed by atoms with van der Waals surface area (Å²) in [6.07, 6.45) is -0.706. The fourth-order valence-corrected chi connectivity index (χ4v) is 4.39. The van der Waals surface area contributed by atoms with E-state index in [1.54, 1.807) is 6.92 Å². The van der Waals surface area contributed by atoms with Crippen LogP contribution in [-0.2, 0) is 7.05 Å². The van der Waals surface area contributed by atoms with Crippen molar-refractivity contribution in [2.24, 2.45) is 12.1 Å². The molecule has 5 rings (SSSR count). The van der Waals surface area contributed by atoms with Crippen molar-refractivity contribution in [3.63, 3.8) is 0 Å². The predicted octanol–water partition coefficient (Wildman–Crippen LogP) is 5.23. The number of allylic oxidation sites excluding steroid dienone is 1. The van der Waals surface area contributed by atoms with Crippen molar-refractivity contribution in [2.45, 2.75) is 18.5 Å². The van der Waals surface area contributed by atoms with Crippen LogP contribution < -0.4 is 0 Å². The Labute approximate surface area is 163 Å². The summed E-state index contributed by atoms with van der Waals surface area (Å²) in [5.41, 5.74) is 4.01. The van der Waals surface area contributed by atoms with E-state index in [9.17, 15) is 8.78 Å². The van der Waals surface area contributed by atoms with Crippen molar-refractivity contribution in [3.8, 4) is 0 Å². The number of hydrogen-bond donors (Lipinski definition) is 0. The average molecular weight is 395 g/mol. The normalized spacial score (nSPS) is 15.6. The lowest BCUT2D eigenvalue weighted by atomic mass is 10.1. The van der Waals surface area contributed by atoms with Crippen LogP contribution in [0.2, 0.25) is 0 Å². The molecule has 8 heteroatoms. The van der Waals surface area contributed by atoms with Crippen molar-refractivity contribution in [2.75, 3.05) is 0 Å². The van der Waals surface area contributed by atoms with Crippen LogP contribution in [0.1, 0.15) is 24.7 Å². The molecule has 2 aromatic carbocycles. The maximum Gasteiger partial charge on any atom is 0.299 e. The third kappa shape index (κ3) is 2.56. The van der Waals surface area contributed by atoms with Crippen molar-refractivity contribution in [1.29, 1.82) is 0 Å². The van der Waals surface area contributed by atoms with Crippen molar-refractivity contribution in [1.82, 2.24) is 19.4 Å². The van der Waals surface area contributed by atoms with Crippen LogP contribution in [0.5, 0.6) is 0 Å². The first-order valence-electron chi connectivity index (χ1n) is 8.69. The van der Waals surface area contributed by atoms with Crippen molar-refractivity contribution in [3.05, 3.63) is 58.8 Å². The predicted molar refractivity (Wildman–Crippen MR) is 108 cm³/mol. The van der Waals surface area contributed by atoms with E-state index in [4.69, 9.17) is 0 Å². The Morgan fingerprint density at radius 1 is 1.04 bits per heavy atom. The number of alkyl halides is 2. The van der Waals surface area contributed by atoms with Crippen LogP contribution in [0.4, 0.5) is 8.78 Å². The number of nitrogens with zero attached hydrogens (tertiary/aromatic N) is 5. The molecular weight excluding hydrogens is 380 g/mol. The fraction of sp³-hybridized carbons (Fsp3) is 0.150. The van der Waals surface area contributed by atoms with Gasteiger partial charge in [-0.25, -0.2) is 8.78 Å². The number of hydrogen-bond acceptors (Lipinski definition) is 4. The monoisotopic (exact) mass is 395 g/mol. The smallest absolute Gasteiger partial charge is 0.299 e. The van der Waals surface area contributed by atoms with Crippen LogP contribution in [0, 0.1) is 0 Å². The van der Waals surface area contributed by atoms with Gasteiger partial charge in [0.2, 0.25) is 11.0 Å². The Morgan fingerprint density at radius 3 is 2.64 bits per heavy atom. The molecule has 0 spiro atoms. The van der Waals surface area contributed by atoms with Gasteiger partial charge < -0.3 is 4.57 Å². The molecule has 0 bridgehead atoms. The van der Waals surface area contributed by atoms with Crippen LogP contribution >= 0.6 is 11.8 Å². The second-order valence-electron chi connectivity index (χ2n) is 6.60. The van der Waals surface area contributed by atoms with E-state index in [1.165, 1.54) is 28.1 Å². The summed E-state index contributed by atoms with van der Waals surface area (Å²) < 4.78 is 29.3. The maximum atomic E-state index is 13.0. The molecule has 0 radical (unpaired) electrons. The van der Waals surface area contributed by atoms with E-state index in [0.29, 0.717) is 10.9 Å². The molecule has 0 unspecified atom stereocenters. The molecule has 4 aromatic rings. The SMILES string of the molecule is CC1=Nn2c(nnc2C(F)F)S/C1=C\c1ccc2c(c1)c1ccccc1n2C. The first-order chi connectivity index (χ1) is 13.5. The van der Waals surface area contributed by atoms with Crippen LogP contribution in [0.25, 0.3) is 27.9 Å². The first kappa shape index (κ1) is 17.1. The van der Waals surface area contributed by atoms with Crippen LogP contribution in [-0.4, -0.2) is 25.2 Å². The number of thioether (sulfide) groups is 1. The van der Waals surface area contributed by atoms with E-state index < -0.39 is 12.2 Å². The van der Waals surface area contributed by atoms with E-state index in [0.717, 1.165) is 20.7 Å². The molecule has 0 aliphatic carbocycles. The number of rotatable bonds is 2. The summed E-state index contributed by atoms with van der Waals surface area (Å²) in [7, 11) is 2.06. The number of benzene rings is 2. The molecule has 0 saturated carbocycles. The first-order valence-corrected chi connectivity index (χ1v) is 9.51. The fourth-order valence-electron chi connectivity index (χ4n) is 3.50. The Balaban J connectivity index is 1.60. The second kappa shape index (κ2) is 6.27. The highest BCUT2D eigenvalue weighted by Gasteiger charge is 2.25. The molecular formula is C20H15F2N5S. The van der Waals surface area contributed by atoms with Gasteiger partial charge in [0.05, 0.1) is 5.71 Å². The minimum Gasteiger partial charge on any atom is -0.344 e. The molecule has 0 fully saturated rings. The van der Waals surface area contributed by atoms with Gasteiger partial charge in [0, 0.05) is 33.8 Å². The molecule has 0 amide bonds. The summed E-state index contributed by atoms with van der Waals surface area (Å²) >= 11 is 1.29.